The zero-order chi connectivity index (χ0) is 16.0. The van der Waals surface area contributed by atoms with Crippen molar-refractivity contribution in [1.29, 1.82) is 0 Å². The highest BCUT2D eigenvalue weighted by molar-refractivity contribution is 5.94. The number of nitrogens with one attached hydrogen (secondary N) is 1. The van der Waals surface area contributed by atoms with Crippen LogP contribution < -0.4 is 11.1 Å². The van der Waals surface area contributed by atoms with Gasteiger partial charge >= 0.3 is 5.97 Å². The van der Waals surface area contributed by atoms with Crippen LogP contribution in [0, 0.1) is 0 Å². The molecule has 1 rings (SSSR count). The molecule has 0 fully saturated rings. The standard InChI is InChI=1S/C14H24N4O3.ClH/c1-5-7-11(15)12(19)17-10-8-16-18(9-10)14(3,4)13(20)21-6-2;/h8-9,11H,5-7,15H2,1-4H3,(H,17,19);1H. The van der Waals surface area contributed by atoms with Crippen LogP contribution in [0.2, 0.25) is 0 Å². The van der Waals surface area contributed by atoms with Crippen molar-refractivity contribution >= 4 is 30.0 Å². The fraction of sp³-hybridized carbons (Fsp3) is 0.643. The second kappa shape index (κ2) is 8.75. The van der Waals surface area contributed by atoms with Crippen LogP contribution in [0.25, 0.3) is 0 Å². The summed E-state index contributed by atoms with van der Waals surface area (Å²) in [5.74, 6) is -0.640. The first-order valence-electron chi connectivity index (χ1n) is 7.11. The van der Waals surface area contributed by atoms with Gasteiger partial charge in [-0.1, -0.05) is 13.3 Å². The molecule has 7 nitrogen and oxygen atoms in total. The Bertz CT molecular complexity index is 502. The molecule has 1 unspecified atom stereocenters. The Labute approximate surface area is 137 Å². The summed E-state index contributed by atoms with van der Waals surface area (Å²) in [6, 6.07) is -0.545. The molecule has 1 aromatic rings. The van der Waals surface area contributed by atoms with E-state index in [1.165, 1.54) is 10.9 Å². The number of hydrogen-bond donors (Lipinski definition) is 2. The van der Waals surface area contributed by atoms with Gasteiger partial charge in [-0.25, -0.2) is 4.79 Å². The summed E-state index contributed by atoms with van der Waals surface area (Å²) in [5.41, 5.74) is 5.31. The lowest BCUT2D eigenvalue weighted by molar-refractivity contribution is -0.152. The van der Waals surface area contributed by atoms with Crippen molar-refractivity contribution in [3.8, 4) is 0 Å². The van der Waals surface area contributed by atoms with Crippen molar-refractivity contribution < 1.29 is 14.3 Å². The molecule has 1 amide bonds. The molecule has 0 radical (unpaired) electrons. The smallest absolute Gasteiger partial charge is 0.333 e. The minimum atomic E-state index is -0.940. The lowest BCUT2D eigenvalue weighted by atomic mass is 10.1. The summed E-state index contributed by atoms with van der Waals surface area (Å²) in [6.07, 6.45) is 4.53. The highest BCUT2D eigenvalue weighted by Gasteiger charge is 2.32. The topological polar surface area (TPSA) is 99.2 Å². The SMILES string of the molecule is CCCC(N)C(=O)Nc1cnn(C(C)(C)C(=O)OCC)c1.Cl. The average Bonchev–Trinajstić information content (AvgIpc) is 2.88. The molecular weight excluding hydrogens is 308 g/mol. The maximum Gasteiger partial charge on any atom is 0.333 e. The third kappa shape index (κ3) is 4.99. The van der Waals surface area contributed by atoms with E-state index in [-0.39, 0.29) is 24.3 Å². The van der Waals surface area contributed by atoms with E-state index in [0.29, 0.717) is 18.7 Å². The van der Waals surface area contributed by atoms with Gasteiger partial charge in [0.2, 0.25) is 5.91 Å². The van der Waals surface area contributed by atoms with Gasteiger partial charge in [0, 0.05) is 6.20 Å². The molecule has 1 aromatic heterocycles. The Morgan fingerprint density at radius 3 is 2.64 bits per heavy atom. The number of ether oxygens (including phenoxy) is 1. The molecule has 0 saturated heterocycles. The minimum Gasteiger partial charge on any atom is -0.464 e. The second-order valence-electron chi connectivity index (χ2n) is 5.34. The van der Waals surface area contributed by atoms with Gasteiger partial charge in [-0.3, -0.25) is 9.48 Å². The van der Waals surface area contributed by atoms with Gasteiger partial charge in [0.15, 0.2) is 5.54 Å². The number of nitrogens with zero attached hydrogens (tertiary/aromatic N) is 2. The van der Waals surface area contributed by atoms with Gasteiger partial charge in [-0.05, 0) is 27.2 Å². The number of carbonyl (C=O) groups excluding carboxylic acids is 2. The predicted molar refractivity (Wildman–Crippen MR) is 86.9 cm³/mol. The van der Waals surface area contributed by atoms with Gasteiger partial charge in [-0.2, -0.15) is 5.10 Å². The maximum absolute atomic E-state index is 11.9. The Kier molecular flexibility index (Phi) is 8.11. The van der Waals surface area contributed by atoms with E-state index in [9.17, 15) is 9.59 Å². The van der Waals surface area contributed by atoms with Gasteiger partial charge in [0.05, 0.1) is 24.5 Å². The first-order chi connectivity index (χ1) is 9.82. The Morgan fingerprint density at radius 2 is 2.09 bits per heavy atom. The fourth-order valence-corrected chi connectivity index (χ4v) is 1.77. The van der Waals surface area contributed by atoms with Gasteiger partial charge in [0.25, 0.3) is 0 Å². The van der Waals surface area contributed by atoms with E-state index < -0.39 is 11.6 Å². The molecule has 0 bridgehead atoms. The molecule has 126 valence electrons. The lowest BCUT2D eigenvalue weighted by Crippen LogP contribution is -2.38. The van der Waals surface area contributed by atoms with Crippen LogP contribution in [0.15, 0.2) is 12.4 Å². The highest BCUT2D eigenvalue weighted by Crippen LogP contribution is 2.19. The molecule has 0 spiro atoms. The van der Waals surface area contributed by atoms with Gasteiger partial charge in [-0.15, -0.1) is 12.4 Å². The van der Waals surface area contributed by atoms with Crippen LogP contribution >= 0.6 is 12.4 Å². The molecule has 22 heavy (non-hydrogen) atoms. The molecular formula is C14H25ClN4O3. The molecule has 0 saturated carbocycles. The van der Waals surface area contributed by atoms with Crippen molar-refractivity contribution in [1.82, 2.24) is 9.78 Å². The van der Waals surface area contributed by atoms with Crippen molar-refractivity contribution in [2.75, 3.05) is 11.9 Å². The number of halogens is 1. The summed E-state index contributed by atoms with van der Waals surface area (Å²) < 4.78 is 6.48. The predicted octanol–water partition coefficient (Wildman–Crippen LogP) is 1.67. The van der Waals surface area contributed by atoms with E-state index in [0.717, 1.165) is 6.42 Å². The van der Waals surface area contributed by atoms with Crippen LogP contribution in [0.4, 0.5) is 5.69 Å². The Morgan fingerprint density at radius 1 is 1.45 bits per heavy atom. The summed E-state index contributed by atoms with van der Waals surface area (Å²) in [5, 5.41) is 6.80. The minimum absolute atomic E-state index is 0. The number of anilines is 1. The monoisotopic (exact) mass is 332 g/mol. The molecule has 0 aliphatic heterocycles. The van der Waals surface area contributed by atoms with E-state index in [1.54, 1.807) is 27.0 Å². The van der Waals surface area contributed by atoms with Crippen molar-refractivity contribution in [2.24, 2.45) is 5.73 Å². The van der Waals surface area contributed by atoms with Gasteiger partial charge in [0.1, 0.15) is 0 Å². The highest BCUT2D eigenvalue weighted by atomic mass is 35.5. The fourth-order valence-electron chi connectivity index (χ4n) is 1.77. The third-order valence-corrected chi connectivity index (χ3v) is 3.13. The molecule has 0 aromatic carbocycles. The zero-order valence-electron chi connectivity index (χ0n) is 13.5. The molecule has 1 atom stereocenters. The average molecular weight is 333 g/mol. The number of amides is 1. The molecule has 8 heteroatoms. The number of esters is 1. The van der Waals surface area contributed by atoms with Crippen LogP contribution in [-0.2, 0) is 19.9 Å². The number of nitrogens with two attached hydrogens (primary N) is 1. The summed E-state index contributed by atoms with van der Waals surface area (Å²) >= 11 is 0. The Hall–Kier alpha value is -1.60. The summed E-state index contributed by atoms with van der Waals surface area (Å²) in [7, 11) is 0. The number of hydrogen-bond acceptors (Lipinski definition) is 5. The number of rotatable bonds is 7. The van der Waals surface area contributed by atoms with Crippen molar-refractivity contribution in [2.45, 2.75) is 52.1 Å². The molecule has 0 aliphatic rings. The van der Waals surface area contributed by atoms with E-state index in [4.69, 9.17) is 10.5 Å². The van der Waals surface area contributed by atoms with Gasteiger partial charge < -0.3 is 15.8 Å². The first-order valence-corrected chi connectivity index (χ1v) is 7.11. The van der Waals surface area contributed by atoms with Crippen LogP contribution in [-0.4, -0.2) is 34.3 Å². The van der Waals surface area contributed by atoms with Crippen LogP contribution in [0.5, 0.6) is 0 Å². The van der Waals surface area contributed by atoms with E-state index >= 15 is 0 Å². The van der Waals surface area contributed by atoms with E-state index in [2.05, 4.69) is 10.4 Å². The van der Waals surface area contributed by atoms with Crippen LogP contribution in [0.3, 0.4) is 0 Å². The normalized spacial score (nSPS) is 12.2. The van der Waals surface area contributed by atoms with Crippen molar-refractivity contribution in [3.05, 3.63) is 12.4 Å². The van der Waals surface area contributed by atoms with Crippen molar-refractivity contribution in [3.63, 3.8) is 0 Å². The first kappa shape index (κ1) is 20.4. The summed E-state index contributed by atoms with van der Waals surface area (Å²) in [4.78, 5) is 23.7. The quantitative estimate of drug-likeness (QED) is 0.740. The maximum atomic E-state index is 11.9. The second-order valence-corrected chi connectivity index (χ2v) is 5.34. The molecule has 0 aliphatic carbocycles. The third-order valence-electron chi connectivity index (χ3n) is 3.13. The summed E-state index contributed by atoms with van der Waals surface area (Å²) in [6.45, 7) is 7.42. The number of aromatic nitrogens is 2. The largest absolute Gasteiger partial charge is 0.464 e. The van der Waals surface area contributed by atoms with E-state index in [1.807, 2.05) is 6.92 Å². The lowest BCUT2D eigenvalue weighted by Gasteiger charge is -2.22. The van der Waals surface area contributed by atoms with Crippen LogP contribution in [0.1, 0.15) is 40.5 Å². The zero-order valence-corrected chi connectivity index (χ0v) is 14.3. The molecule has 3 N–H and O–H groups in total. The Balaban J connectivity index is 0.00000441. The number of carbonyl (C=O) groups is 2. The molecule has 1 heterocycles.